The summed E-state index contributed by atoms with van der Waals surface area (Å²) in [5.41, 5.74) is 0. The summed E-state index contributed by atoms with van der Waals surface area (Å²) < 4.78 is 4.97. The molecule has 0 saturated heterocycles. The second-order valence-corrected chi connectivity index (χ2v) is 4.57. The molecule has 0 heterocycles. The number of nitrogens with one attached hydrogen (secondary N) is 2. The maximum Gasteiger partial charge on any atom is 0.0587 e. The monoisotopic (exact) mass is 214 g/mol. The number of ether oxygens (including phenoxy) is 1. The molecule has 2 unspecified atom stereocenters. The Balaban J connectivity index is 1.94. The van der Waals surface area contributed by atoms with Gasteiger partial charge in [0, 0.05) is 32.8 Å². The first-order valence-electron chi connectivity index (χ1n) is 6.27. The number of hydrogen-bond donors (Lipinski definition) is 2. The second-order valence-electron chi connectivity index (χ2n) is 4.57. The molecule has 1 saturated carbocycles. The van der Waals surface area contributed by atoms with E-state index in [1.54, 1.807) is 7.11 Å². The van der Waals surface area contributed by atoms with Crippen LogP contribution in [0.1, 0.15) is 32.6 Å². The van der Waals surface area contributed by atoms with Crippen molar-refractivity contribution < 1.29 is 4.74 Å². The highest BCUT2D eigenvalue weighted by atomic mass is 16.5. The fraction of sp³-hybridized carbons (Fsp3) is 1.00. The minimum Gasteiger partial charge on any atom is -0.383 e. The normalized spacial score (nSPS) is 26.8. The predicted molar refractivity (Wildman–Crippen MR) is 64.2 cm³/mol. The van der Waals surface area contributed by atoms with Gasteiger partial charge in [-0.25, -0.2) is 0 Å². The Labute approximate surface area is 94.0 Å². The molecule has 0 bridgehead atoms. The van der Waals surface area contributed by atoms with E-state index in [4.69, 9.17) is 4.74 Å². The van der Waals surface area contributed by atoms with E-state index in [-0.39, 0.29) is 0 Å². The van der Waals surface area contributed by atoms with E-state index in [9.17, 15) is 0 Å². The van der Waals surface area contributed by atoms with Gasteiger partial charge < -0.3 is 15.4 Å². The first-order chi connectivity index (χ1) is 7.34. The molecule has 2 N–H and O–H groups in total. The van der Waals surface area contributed by atoms with E-state index in [2.05, 4.69) is 17.6 Å². The van der Waals surface area contributed by atoms with Crippen LogP contribution in [0.3, 0.4) is 0 Å². The van der Waals surface area contributed by atoms with Gasteiger partial charge in [-0.3, -0.25) is 0 Å². The summed E-state index contributed by atoms with van der Waals surface area (Å²) in [7, 11) is 1.74. The molecule has 0 amide bonds. The van der Waals surface area contributed by atoms with Crippen molar-refractivity contribution in [2.24, 2.45) is 5.92 Å². The van der Waals surface area contributed by atoms with E-state index in [0.29, 0.717) is 0 Å². The lowest BCUT2D eigenvalue weighted by Crippen LogP contribution is -2.41. The molecule has 90 valence electrons. The molecule has 0 radical (unpaired) electrons. The Kier molecular flexibility index (Phi) is 6.98. The molecule has 0 aromatic heterocycles. The summed E-state index contributed by atoms with van der Waals surface area (Å²) in [4.78, 5) is 0. The van der Waals surface area contributed by atoms with Gasteiger partial charge in [-0.1, -0.05) is 19.8 Å². The van der Waals surface area contributed by atoms with Crippen LogP contribution in [0, 0.1) is 5.92 Å². The van der Waals surface area contributed by atoms with Gasteiger partial charge in [0.05, 0.1) is 6.61 Å². The van der Waals surface area contributed by atoms with E-state index < -0.39 is 0 Å². The zero-order chi connectivity index (χ0) is 10.9. The van der Waals surface area contributed by atoms with Gasteiger partial charge in [0.15, 0.2) is 0 Å². The van der Waals surface area contributed by atoms with E-state index in [0.717, 1.165) is 38.2 Å². The van der Waals surface area contributed by atoms with Gasteiger partial charge in [0.2, 0.25) is 0 Å². The van der Waals surface area contributed by atoms with Crippen LogP contribution in [0.15, 0.2) is 0 Å². The van der Waals surface area contributed by atoms with Crippen molar-refractivity contribution >= 4 is 0 Å². The van der Waals surface area contributed by atoms with Gasteiger partial charge in [-0.15, -0.1) is 0 Å². The molecule has 0 aromatic carbocycles. The summed E-state index contributed by atoms with van der Waals surface area (Å²) in [5, 5.41) is 7.00. The summed E-state index contributed by atoms with van der Waals surface area (Å²) in [5.74, 6) is 0.859. The number of methoxy groups -OCH3 is 1. The van der Waals surface area contributed by atoms with Crippen molar-refractivity contribution in [1.29, 1.82) is 0 Å². The van der Waals surface area contributed by atoms with Crippen molar-refractivity contribution in [2.75, 3.05) is 33.4 Å². The third kappa shape index (κ3) is 5.50. The molecule has 1 rings (SSSR count). The van der Waals surface area contributed by atoms with Crippen molar-refractivity contribution in [3.63, 3.8) is 0 Å². The Morgan fingerprint density at radius 1 is 1.13 bits per heavy atom. The van der Waals surface area contributed by atoms with Gasteiger partial charge in [-0.05, 0) is 18.8 Å². The second kappa shape index (κ2) is 8.08. The average Bonchev–Trinajstić information content (AvgIpc) is 2.25. The maximum atomic E-state index is 4.97. The van der Waals surface area contributed by atoms with Crippen LogP contribution in [0.4, 0.5) is 0 Å². The third-order valence-corrected chi connectivity index (χ3v) is 3.30. The van der Waals surface area contributed by atoms with Crippen LogP contribution in [-0.4, -0.2) is 39.4 Å². The highest BCUT2D eigenvalue weighted by Gasteiger charge is 2.19. The molecular weight excluding hydrogens is 188 g/mol. The smallest absolute Gasteiger partial charge is 0.0587 e. The third-order valence-electron chi connectivity index (χ3n) is 3.30. The number of hydrogen-bond acceptors (Lipinski definition) is 3. The first kappa shape index (κ1) is 12.9. The van der Waals surface area contributed by atoms with Crippen LogP contribution in [-0.2, 0) is 4.74 Å². The largest absolute Gasteiger partial charge is 0.383 e. The molecule has 2 atom stereocenters. The molecule has 1 aliphatic rings. The van der Waals surface area contributed by atoms with Crippen LogP contribution in [0.5, 0.6) is 0 Å². The lowest BCUT2D eigenvalue weighted by Gasteiger charge is -2.29. The van der Waals surface area contributed by atoms with Crippen LogP contribution < -0.4 is 10.6 Å². The highest BCUT2D eigenvalue weighted by molar-refractivity contribution is 4.78. The fourth-order valence-electron chi connectivity index (χ4n) is 2.26. The summed E-state index contributed by atoms with van der Waals surface area (Å²) >= 11 is 0. The van der Waals surface area contributed by atoms with Crippen molar-refractivity contribution in [2.45, 2.75) is 38.6 Å². The van der Waals surface area contributed by atoms with Gasteiger partial charge in [-0.2, -0.15) is 0 Å². The molecule has 1 aliphatic carbocycles. The van der Waals surface area contributed by atoms with Gasteiger partial charge in [0.1, 0.15) is 0 Å². The SMILES string of the molecule is COCCNCCNC1CCCCC1C. The average molecular weight is 214 g/mol. The fourth-order valence-corrected chi connectivity index (χ4v) is 2.26. The molecule has 3 nitrogen and oxygen atoms in total. The quantitative estimate of drug-likeness (QED) is 0.628. The summed E-state index contributed by atoms with van der Waals surface area (Å²) in [6.07, 6.45) is 5.58. The molecule has 3 heteroatoms. The van der Waals surface area contributed by atoms with Gasteiger partial charge in [0.25, 0.3) is 0 Å². The van der Waals surface area contributed by atoms with Crippen molar-refractivity contribution in [3.8, 4) is 0 Å². The zero-order valence-electron chi connectivity index (χ0n) is 10.2. The first-order valence-corrected chi connectivity index (χ1v) is 6.27. The molecule has 1 fully saturated rings. The summed E-state index contributed by atoms with van der Waals surface area (Å²) in [6, 6.07) is 0.753. The maximum absolute atomic E-state index is 4.97. The molecule has 0 spiro atoms. The molecule has 0 aliphatic heterocycles. The van der Waals surface area contributed by atoms with E-state index >= 15 is 0 Å². The summed E-state index contributed by atoms with van der Waals surface area (Å²) in [6.45, 7) is 6.26. The van der Waals surface area contributed by atoms with Crippen LogP contribution in [0.2, 0.25) is 0 Å². The van der Waals surface area contributed by atoms with E-state index in [1.165, 1.54) is 25.7 Å². The van der Waals surface area contributed by atoms with Crippen molar-refractivity contribution in [1.82, 2.24) is 10.6 Å². The Morgan fingerprint density at radius 2 is 1.93 bits per heavy atom. The highest BCUT2D eigenvalue weighted by Crippen LogP contribution is 2.23. The Bertz CT molecular complexity index is 153. The molecule has 0 aromatic rings. The number of rotatable bonds is 7. The standard InChI is InChI=1S/C12H26N2O/c1-11-5-3-4-6-12(11)14-8-7-13-9-10-15-2/h11-14H,3-10H2,1-2H3. The minimum atomic E-state index is 0.753. The molecule has 15 heavy (non-hydrogen) atoms. The van der Waals surface area contributed by atoms with E-state index in [1.807, 2.05) is 0 Å². The Morgan fingerprint density at radius 3 is 2.67 bits per heavy atom. The minimum absolute atomic E-state index is 0.753. The predicted octanol–water partition coefficient (Wildman–Crippen LogP) is 1.39. The van der Waals surface area contributed by atoms with Crippen molar-refractivity contribution in [3.05, 3.63) is 0 Å². The van der Waals surface area contributed by atoms with Crippen LogP contribution in [0.25, 0.3) is 0 Å². The lowest BCUT2D eigenvalue weighted by molar-refractivity contribution is 0.199. The lowest BCUT2D eigenvalue weighted by atomic mass is 9.86. The van der Waals surface area contributed by atoms with Gasteiger partial charge >= 0.3 is 0 Å². The molecular formula is C12H26N2O. The topological polar surface area (TPSA) is 33.3 Å². The zero-order valence-corrected chi connectivity index (χ0v) is 10.2. The Hall–Kier alpha value is -0.120. The van der Waals surface area contributed by atoms with Crippen LogP contribution >= 0.6 is 0 Å².